The van der Waals surface area contributed by atoms with Gasteiger partial charge < -0.3 is 10.2 Å². The third-order valence-electron chi connectivity index (χ3n) is 3.08. The molecule has 2 atom stereocenters. The minimum atomic E-state index is 0.0195. The van der Waals surface area contributed by atoms with Gasteiger partial charge in [0, 0.05) is 6.54 Å². The van der Waals surface area contributed by atoms with Crippen molar-refractivity contribution < 1.29 is 4.79 Å². The van der Waals surface area contributed by atoms with E-state index in [9.17, 15) is 4.79 Å². The van der Waals surface area contributed by atoms with Crippen LogP contribution in [-0.2, 0) is 4.79 Å². The second-order valence-corrected chi connectivity index (χ2v) is 4.67. The van der Waals surface area contributed by atoms with Gasteiger partial charge >= 0.3 is 0 Å². The number of thiophene rings is 1. The number of carbonyl (C=O) groups is 1. The fourth-order valence-corrected chi connectivity index (χ4v) is 2.79. The van der Waals surface area contributed by atoms with Gasteiger partial charge in [-0.05, 0) is 42.8 Å². The lowest BCUT2D eigenvalue weighted by atomic mass is 10.1. The van der Waals surface area contributed by atoms with Crippen LogP contribution in [0.5, 0.6) is 0 Å². The van der Waals surface area contributed by atoms with Gasteiger partial charge in [-0.2, -0.15) is 11.3 Å². The molecule has 1 fully saturated rings. The normalized spacial score (nSPS) is 23.5. The van der Waals surface area contributed by atoms with Crippen LogP contribution in [-0.4, -0.2) is 30.4 Å². The number of hydrogen-bond acceptors (Lipinski definition) is 3. The highest BCUT2D eigenvalue weighted by molar-refractivity contribution is 7.07. The molecule has 0 bridgehead atoms. The molecule has 1 aromatic rings. The minimum Gasteiger partial charge on any atom is -0.334 e. The van der Waals surface area contributed by atoms with Gasteiger partial charge in [-0.25, -0.2) is 0 Å². The van der Waals surface area contributed by atoms with Crippen molar-refractivity contribution in [3.8, 4) is 0 Å². The molecule has 0 radical (unpaired) electrons. The monoisotopic (exact) mass is 224 g/mol. The Hall–Kier alpha value is -0.870. The van der Waals surface area contributed by atoms with E-state index < -0.39 is 0 Å². The molecule has 1 amide bonds. The van der Waals surface area contributed by atoms with Gasteiger partial charge in [-0.1, -0.05) is 0 Å². The number of amides is 1. The molecule has 0 aliphatic carbocycles. The van der Waals surface area contributed by atoms with Crippen LogP contribution >= 0.6 is 11.3 Å². The first-order valence-electron chi connectivity index (χ1n) is 5.24. The summed E-state index contributed by atoms with van der Waals surface area (Å²) >= 11 is 1.68. The quantitative estimate of drug-likeness (QED) is 0.846. The molecule has 1 aromatic heterocycles. The van der Waals surface area contributed by atoms with Crippen molar-refractivity contribution in [1.82, 2.24) is 10.2 Å². The topological polar surface area (TPSA) is 32.3 Å². The van der Waals surface area contributed by atoms with Gasteiger partial charge in [-0.3, -0.25) is 4.79 Å². The van der Waals surface area contributed by atoms with E-state index in [1.54, 1.807) is 11.3 Å². The van der Waals surface area contributed by atoms with Crippen molar-refractivity contribution in [2.45, 2.75) is 25.4 Å². The van der Waals surface area contributed by atoms with E-state index in [1.807, 2.05) is 11.9 Å². The van der Waals surface area contributed by atoms with Crippen molar-refractivity contribution in [2.75, 3.05) is 13.6 Å². The highest BCUT2D eigenvalue weighted by Gasteiger charge is 2.33. The summed E-state index contributed by atoms with van der Waals surface area (Å²) in [6.07, 6.45) is 0.920. The number of likely N-dealkylation sites (N-methyl/N-ethyl adjacent to an activating group) is 1. The molecule has 0 saturated carbocycles. The molecule has 2 unspecified atom stereocenters. The summed E-state index contributed by atoms with van der Waals surface area (Å²) < 4.78 is 0. The smallest absolute Gasteiger partial charge is 0.240 e. The maximum Gasteiger partial charge on any atom is 0.240 e. The van der Waals surface area contributed by atoms with E-state index in [0.29, 0.717) is 0 Å². The molecule has 2 heterocycles. The Labute approximate surface area is 94.1 Å². The predicted molar refractivity (Wildman–Crippen MR) is 61.9 cm³/mol. The third-order valence-corrected chi connectivity index (χ3v) is 3.78. The highest BCUT2D eigenvalue weighted by atomic mass is 32.1. The standard InChI is InChI=1S/C11H16N2OS/c1-8(9-4-6-15-7-9)13-5-3-10(12-2)11(13)14/h4,6-8,10,12H,3,5H2,1-2H3. The summed E-state index contributed by atoms with van der Waals surface area (Å²) in [6.45, 7) is 2.96. The number of carbonyl (C=O) groups excluding carboxylic acids is 1. The number of nitrogens with zero attached hydrogens (tertiary/aromatic N) is 1. The molecular weight excluding hydrogens is 208 g/mol. The van der Waals surface area contributed by atoms with E-state index >= 15 is 0 Å². The zero-order chi connectivity index (χ0) is 10.8. The molecule has 2 rings (SSSR count). The Morgan fingerprint density at radius 3 is 3.00 bits per heavy atom. The molecule has 0 spiro atoms. The molecule has 15 heavy (non-hydrogen) atoms. The summed E-state index contributed by atoms with van der Waals surface area (Å²) in [5, 5.41) is 7.23. The van der Waals surface area contributed by atoms with Crippen molar-refractivity contribution >= 4 is 17.2 Å². The fraction of sp³-hybridized carbons (Fsp3) is 0.545. The zero-order valence-electron chi connectivity index (χ0n) is 9.06. The molecular formula is C11H16N2OS. The van der Waals surface area contributed by atoms with Crippen LogP contribution in [0.4, 0.5) is 0 Å². The zero-order valence-corrected chi connectivity index (χ0v) is 9.88. The predicted octanol–water partition coefficient (Wildman–Crippen LogP) is 1.63. The van der Waals surface area contributed by atoms with Crippen LogP contribution in [0, 0.1) is 0 Å². The Bertz CT molecular complexity index is 336. The first kappa shape index (κ1) is 10.6. The maximum atomic E-state index is 11.9. The lowest BCUT2D eigenvalue weighted by Crippen LogP contribution is -2.37. The lowest BCUT2D eigenvalue weighted by molar-refractivity contribution is -0.131. The van der Waals surface area contributed by atoms with Crippen LogP contribution < -0.4 is 5.32 Å². The summed E-state index contributed by atoms with van der Waals surface area (Å²) in [5.74, 6) is 0.233. The van der Waals surface area contributed by atoms with E-state index in [-0.39, 0.29) is 18.0 Å². The Kier molecular flexibility index (Phi) is 3.07. The number of likely N-dealkylation sites (tertiary alicyclic amines) is 1. The van der Waals surface area contributed by atoms with Gasteiger partial charge in [0.05, 0.1) is 12.1 Å². The number of hydrogen-bond donors (Lipinski definition) is 1. The first-order valence-corrected chi connectivity index (χ1v) is 6.18. The second-order valence-electron chi connectivity index (χ2n) is 3.89. The van der Waals surface area contributed by atoms with Crippen LogP contribution in [0.3, 0.4) is 0 Å². The first-order chi connectivity index (χ1) is 7.24. The van der Waals surface area contributed by atoms with Gasteiger partial charge in [0.15, 0.2) is 0 Å². The van der Waals surface area contributed by atoms with Gasteiger partial charge in [0.25, 0.3) is 0 Å². The van der Waals surface area contributed by atoms with Crippen molar-refractivity contribution in [1.29, 1.82) is 0 Å². The number of nitrogens with one attached hydrogen (secondary N) is 1. The largest absolute Gasteiger partial charge is 0.334 e. The molecule has 1 saturated heterocycles. The molecule has 82 valence electrons. The summed E-state index contributed by atoms with van der Waals surface area (Å²) in [6, 6.07) is 2.32. The van der Waals surface area contributed by atoms with Gasteiger partial charge in [-0.15, -0.1) is 0 Å². The fourth-order valence-electron chi connectivity index (χ4n) is 2.05. The molecule has 4 heteroatoms. The molecule has 0 aromatic carbocycles. The van der Waals surface area contributed by atoms with Crippen LogP contribution in [0.15, 0.2) is 16.8 Å². The van der Waals surface area contributed by atoms with E-state index in [1.165, 1.54) is 5.56 Å². The van der Waals surface area contributed by atoms with Gasteiger partial charge in [0.2, 0.25) is 5.91 Å². The molecule has 1 aliphatic heterocycles. The molecule has 1 N–H and O–H groups in total. The van der Waals surface area contributed by atoms with Crippen LogP contribution in [0.25, 0.3) is 0 Å². The van der Waals surface area contributed by atoms with E-state index in [2.05, 4.69) is 29.1 Å². The third kappa shape index (κ3) is 1.92. The molecule has 1 aliphatic rings. The van der Waals surface area contributed by atoms with Gasteiger partial charge in [0.1, 0.15) is 0 Å². The van der Waals surface area contributed by atoms with E-state index in [0.717, 1.165) is 13.0 Å². The maximum absolute atomic E-state index is 11.9. The average molecular weight is 224 g/mol. The van der Waals surface area contributed by atoms with Crippen LogP contribution in [0.2, 0.25) is 0 Å². The summed E-state index contributed by atoms with van der Waals surface area (Å²) in [4.78, 5) is 13.9. The van der Waals surface area contributed by atoms with Crippen molar-refractivity contribution in [3.05, 3.63) is 22.4 Å². The SMILES string of the molecule is CNC1CCN(C(C)c2ccsc2)C1=O. The number of rotatable bonds is 3. The van der Waals surface area contributed by atoms with Crippen LogP contribution in [0.1, 0.15) is 24.9 Å². The minimum absolute atomic E-state index is 0.0195. The summed E-state index contributed by atoms with van der Waals surface area (Å²) in [5.41, 5.74) is 1.24. The summed E-state index contributed by atoms with van der Waals surface area (Å²) in [7, 11) is 1.85. The highest BCUT2D eigenvalue weighted by Crippen LogP contribution is 2.26. The lowest BCUT2D eigenvalue weighted by Gasteiger charge is -2.24. The van der Waals surface area contributed by atoms with Crippen molar-refractivity contribution in [2.24, 2.45) is 0 Å². The second kappa shape index (κ2) is 4.33. The van der Waals surface area contributed by atoms with E-state index in [4.69, 9.17) is 0 Å². The Balaban J connectivity index is 2.09. The molecule has 3 nitrogen and oxygen atoms in total. The Morgan fingerprint density at radius 2 is 2.47 bits per heavy atom. The van der Waals surface area contributed by atoms with Crippen molar-refractivity contribution in [3.63, 3.8) is 0 Å². The Morgan fingerprint density at radius 1 is 1.67 bits per heavy atom. The average Bonchev–Trinajstić information content (AvgIpc) is 2.85.